The van der Waals surface area contributed by atoms with Crippen molar-refractivity contribution in [1.82, 2.24) is 9.71 Å². The van der Waals surface area contributed by atoms with Crippen LogP contribution in [0.5, 0.6) is 0 Å². The number of anilines is 1. The van der Waals surface area contributed by atoms with E-state index in [4.69, 9.17) is 4.74 Å². The highest BCUT2D eigenvalue weighted by Gasteiger charge is 2.44. The number of carbonyl (C=O) groups is 2. The second kappa shape index (κ2) is 8.60. The highest BCUT2D eigenvalue weighted by atomic mass is 32.2. The number of nitriles is 1. The van der Waals surface area contributed by atoms with Gasteiger partial charge in [-0.1, -0.05) is 0 Å². The van der Waals surface area contributed by atoms with Gasteiger partial charge in [-0.3, -0.25) is 9.52 Å². The van der Waals surface area contributed by atoms with Gasteiger partial charge in [0.05, 0.1) is 29.7 Å². The number of pyridine rings is 1. The molecule has 2 heterocycles. The van der Waals surface area contributed by atoms with E-state index < -0.39 is 27.9 Å². The number of rotatable bonds is 5. The molecule has 2 aliphatic carbocycles. The molecule has 2 saturated carbocycles. The lowest BCUT2D eigenvalue weighted by molar-refractivity contribution is -0.121. The van der Waals surface area contributed by atoms with Crippen molar-refractivity contribution in [3.63, 3.8) is 0 Å². The topological polar surface area (TPSA) is 129 Å². The van der Waals surface area contributed by atoms with Crippen molar-refractivity contribution in [3.8, 4) is 6.07 Å². The summed E-state index contributed by atoms with van der Waals surface area (Å²) in [7, 11) is -3.67. The summed E-state index contributed by atoms with van der Waals surface area (Å²) < 4.78 is 29.3. The average Bonchev–Trinajstić information content (AvgIpc) is 3.18. The van der Waals surface area contributed by atoms with Crippen LogP contribution in [-0.2, 0) is 19.6 Å². The van der Waals surface area contributed by atoms with Gasteiger partial charge in [0, 0.05) is 6.54 Å². The number of aromatic nitrogens is 1. The number of carbonyl (C=O) groups excluding carboxylic acids is 2. The van der Waals surface area contributed by atoms with Crippen molar-refractivity contribution in [3.05, 3.63) is 22.9 Å². The minimum atomic E-state index is -3.67. The van der Waals surface area contributed by atoms with E-state index in [0.717, 1.165) is 6.26 Å². The Morgan fingerprint density at radius 2 is 2.00 bits per heavy atom. The van der Waals surface area contributed by atoms with Crippen molar-refractivity contribution < 1.29 is 22.7 Å². The monoisotopic (exact) mass is 434 g/mol. The van der Waals surface area contributed by atoms with E-state index in [2.05, 4.69) is 4.98 Å². The quantitative estimate of drug-likeness (QED) is 0.690. The van der Waals surface area contributed by atoms with Crippen LogP contribution in [0.15, 0.2) is 6.07 Å². The van der Waals surface area contributed by atoms with Gasteiger partial charge in [0.15, 0.2) is 0 Å². The smallest absolute Gasteiger partial charge is 0.340 e. The molecule has 10 heteroatoms. The Kier molecular flexibility index (Phi) is 6.31. The molecule has 0 aromatic carbocycles. The Morgan fingerprint density at radius 3 is 2.40 bits per heavy atom. The number of nitrogens with one attached hydrogen (secondary N) is 1. The van der Waals surface area contributed by atoms with Gasteiger partial charge in [-0.05, 0) is 57.4 Å². The molecule has 0 spiro atoms. The second-order valence-electron chi connectivity index (χ2n) is 7.89. The van der Waals surface area contributed by atoms with Crippen LogP contribution in [0.2, 0.25) is 0 Å². The normalized spacial score (nSPS) is 23.4. The Hall–Kier alpha value is -2.67. The summed E-state index contributed by atoms with van der Waals surface area (Å²) in [4.78, 5) is 29.8. The second-order valence-corrected chi connectivity index (χ2v) is 9.64. The van der Waals surface area contributed by atoms with Gasteiger partial charge in [0.25, 0.3) is 5.91 Å². The lowest BCUT2D eigenvalue weighted by atomic mass is 10.0. The average molecular weight is 435 g/mol. The SMILES string of the molecule is C1CC2CC12.CCOC(=O)c1cc(C#N)c(N2CCC2C(=O)NS(C)(=O)=O)nc1C. The molecule has 162 valence electrons. The van der Waals surface area contributed by atoms with Crippen LogP contribution < -0.4 is 9.62 Å². The number of esters is 1. The van der Waals surface area contributed by atoms with E-state index in [1.165, 1.54) is 17.9 Å². The van der Waals surface area contributed by atoms with Crippen LogP contribution in [0.4, 0.5) is 5.82 Å². The van der Waals surface area contributed by atoms with E-state index in [1.54, 1.807) is 38.0 Å². The number of amides is 1. The maximum atomic E-state index is 12.1. The molecular formula is C20H26N4O5S. The third kappa shape index (κ3) is 4.90. The summed E-state index contributed by atoms with van der Waals surface area (Å²) in [5.74, 6) is 1.45. The fourth-order valence-electron chi connectivity index (χ4n) is 3.66. The van der Waals surface area contributed by atoms with Crippen LogP contribution in [0.1, 0.15) is 54.2 Å². The summed E-state index contributed by atoms with van der Waals surface area (Å²) >= 11 is 0. The summed E-state index contributed by atoms with van der Waals surface area (Å²) in [6, 6.07) is 2.60. The van der Waals surface area contributed by atoms with Crippen LogP contribution >= 0.6 is 0 Å². The molecule has 9 nitrogen and oxygen atoms in total. The minimum Gasteiger partial charge on any atom is -0.462 e. The molecule has 1 aromatic rings. The molecule has 0 radical (unpaired) electrons. The first-order chi connectivity index (χ1) is 14.1. The molecule has 1 saturated heterocycles. The Morgan fingerprint density at radius 1 is 1.33 bits per heavy atom. The van der Waals surface area contributed by atoms with Gasteiger partial charge in [0.1, 0.15) is 17.9 Å². The van der Waals surface area contributed by atoms with E-state index in [9.17, 15) is 23.3 Å². The molecule has 1 amide bonds. The molecule has 4 rings (SSSR count). The first kappa shape index (κ1) is 22.0. The zero-order valence-electron chi connectivity index (χ0n) is 17.3. The Labute approximate surface area is 176 Å². The van der Waals surface area contributed by atoms with Crippen LogP contribution in [0.3, 0.4) is 0 Å². The van der Waals surface area contributed by atoms with E-state index >= 15 is 0 Å². The minimum absolute atomic E-state index is 0.116. The number of ether oxygens (including phenoxy) is 1. The van der Waals surface area contributed by atoms with E-state index in [-0.39, 0.29) is 23.6 Å². The number of hydrogen-bond donors (Lipinski definition) is 1. The zero-order chi connectivity index (χ0) is 22.1. The predicted molar refractivity (Wildman–Crippen MR) is 109 cm³/mol. The standard InChI is InChI=1S/C15H18N4O5S.C5H8/c1-4-24-15(21)11-7-10(8-16)13(17-9(11)2)19-6-5-12(19)14(20)18-25(3,22)23;1-2-5-3-4(1)5/h7,12H,4-6H2,1-3H3,(H,18,20);4-5H,1-3H2. The molecule has 3 atom stereocenters. The van der Waals surface area contributed by atoms with Gasteiger partial charge < -0.3 is 9.64 Å². The fourth-order valence-corrected chi connectivity index (χ4v) is 4.16. The number of sulfonamides is 1. The molecule has 3 unspecified atom stereocenters. The molecule has 3 fully saturated rings. The van der Waals surface area contributed by atoms with Crippen LogP contribution in [0.25, 0.3) is 0 Å². The summed E-state index contributed by atoms with van der Waals surface area (Å²) in [6.07, 6.45) is 6.03. The van der Waals surface area contributed by atoms with Crippen molar-refractivity contribution in [2.45, 2.75) is 45.6 Å². The maximum Gasteiger partial charge on any atom is 0.340 e. The third-order valence-corrected chi connectivity index (χ3v) is 6.24. The fraction of sp³-hybridized carbons (Fsp3) is 0.600. The molecule has 1 aliphatic heterocycles. The summed E-state index contributed by atoms with van der Waals surface area (Å²) in [5.41, 5.74) is 0.659. The number of hydrogen-bond acceptors (Lipinski definition) is 8. The number of fused-ring (bicyclic) bond motifs is 1. The zero-order valence-corrected chi connectivity index (χ0v) is 18.2. The molecular weight excluding hydrogens is 408 g/mol. The molecule has 0 bridgehead atoms. The highest BCUT2D eigenvalue weighted by molar-refractivity contribution is 7.89. The number of nitrogens with zero attached hydrogens (tertiary/aromatic N) is 3. The van der Waals surface area contributed by atoms with Crippen molar-refractivity contribution in [2.75, 3.05) is 24.3 Å². The van der Waals surface area contributed by atoms with Gasteiger partial charge in [-0.25, -0.2) is 18.2 Å². The summed E-state index contributed by atoms with van der Waals surface area (Å²) in [6.45, 7) is 3.91. The van der Waals surface area contributed by atoms with Crippen molar-refractivity contribution in [1.29, 1.82) is 5.26 Å². The van der Waals surface area contributed by atoms with Gasteiger partial charge in [-0.15, -0.1) is 0 Å². The van der Waals surface area contributed by atoms with Crippen LogP contribution in [0, 0.1) is 30.1 Å². The van der Waals surface area contributed by atoms with Gasteiger partial charge >= 0.3 is 5.97 Å². The lowest BCUT2D eigenvalue weighted by Crippen LogP contribution is -2.57. The third-order valence-electron chi connectivity index (χ3n) is 5.67. The van der Waals surface area contributed by atoms with Crippen molar-refractivity contribution in [2.24, 2.45) is 11.8 Å². The first-order valence-corrected chi connectivity index (χ1v) is 11.9. The molecule has 30 heavy (non-hydrogen) atoms. The lowest BCUT2D eigenvalue weighted by Gasteiger charge is -2.40. The summed E-state index contributed by atoms with van der Waals surface area (Å²) in [5, 5.41) is 9.36. The Bertz CT molecular complexity index is 989. The largest absolute Gasteiger partial charge is 0.462 e. The van der Waals surface area contributed by atoms with E-state index in [1.807, 2.05) is 10.8 Å². The predicted octanol–water partition coefficient (Wildman–Crippen LogP) is 1.51. The highest BCUT2D eigenvalue weighted by Crippen LogP contribution is 2.55. The van der Waals surface area contributed by atoms with E-state index in [0.29, 0.717) is 18.7 Å². The first-order valence-electron chi connectivity index (χ1n) is 10.0. The van der Waals surface area contributed by atoms with Crippen molar-refractivity contribution >= 4 is 27.7 Å². The molecule has 1 N–H and O–H groups in total. The molecule has 1 aromatic heterocycles. The Balaban J connectivity index is 0.000000435. The van der Waals surface area contributed by atoms with Crippen LogP contribution in [-0.4, -0.2) is 50.7 Å². The van der Waals surface area contributed by atoms with Gasteiger partial charge in [0.2, 0.25) is 10.0 Å². The van der Waals surface area contributed by atoms with Gasteiger partial charge in [-0.2, -0.15) is 5.26 Å². The molecule has 3 aliphatic rings. The maximum absolute atomic E-state index is 12.1. The number of aryl methyl sites for hydroxylation is 1.